The third kappa shape index (κ3) is 7.48. The van der Waals surface area contributed by atoms with Crippen LogP contribution in [0.2, 0.25) is 0 Å². The lowest BCUT2D eigenvalue weighted by Crippen LogP contribution is -2.34. The molecule has 3 heterocycles. The van der Waals surface area contributed by atoms with Crippen LogP contribution < -0.4 is 0 Å². The van der Waals surface area contributed by atoms with E-state index in [9.17, 15) is 9.59 Å². The molecule has 1 aliphatic heterocycles. The normalized spacial score (nSPS) is 14.6. The van der Waals surface area contributed by atoms with Crippen LogP contribution >= 0.6 is 0 Å². The van der Waals surface area contributed by atoms with Gasteiger partial charge in [0.05, 0.1) is 5.52 Å². The van der Waals surface area contributed by atoms with E-state index in [4.69, 9.17) is 5.10 Å². The molecule has 1 saturated heterocycles. The number of hydrogen-bond acceptors (Lipinski definition) is 4. The molecule has 0 unspecified atom stereocenters. The van der Waals surface area contributed by atoms with Gasteiger partial charge in [-0.2, -0.15) is 5.10 Å². The molecule has 0 spiro atoms. The van der Waals surface area contributed by atoms with Gasteiger partial charge in [-0.1, -0.05) is 70.5 Å². The first-order chi connectivity index (χ1) is 19.2. The fourth-order valence-corrected chi connectivity index (χ4v) is 5.34. The Balaban J connectivity index is 1.75. The first-order valence-corrected chi connectivity index (χ1v) is 15.1. The zero-order valence-electron chi connectivity index (χ0n) is 25.0. The number of ketones is 1. The van der Waals surface area contributed by atoms with Gasteiger partial charge in [-0.15, -0.1) is 0 Å². The fraction of sp³-hybridized carbons (Fsp3) is 0.500. The first kappa shape index (κ1) is 29.7. The van der Waals surface area contributed by atoms with Crippen molar-refractivity contribution in [1.29, 1.82) is 0 Å². The monoisotopic (exact) mass is 542 g/mol. The van der Waals surface area contributed by atoms with Crippen LogP contribution in [0.4, 0.5) is 0 Å². The first-order valence-electron chi connectivity index (χ1n) is 15.1. The van der Waals surface area contributed by atoms with Crippen LogP contribution in [-0.4, -0.2) is 63.8 Å². The van der Waals surface area contributed by atoms with Gasteiger partial charge in [0, 0.05) is 48.1 Å². The highest BCUT2D eigenvalue weighted by Gasteiger charge is 2.21. The standard InChI is InChI=1S/C34H46N4O2/c1-25(2)15-21-37(22-16-26(3)4)34(40)28-17-23-38-32(24-28)31(14-11-20-36-18-9-6-10-19-36)33(35-38)30-13-8-7-12-29(30)27(5)39/h7-8,11-14,17,23-26H,6,9-10,15-16,18-22H2,1-5H3/b14-11+. The van der Waals surface area contributed by atoms with E-state index in [0.29, 0.717) is 23.0 Å². The Bertz CT molecular complexity index is 1320. The number of benzene rings is 1. The Kier molecular flexibility index (Phi) is 10.3. The number of carbonyl (C=O) groups is 2. The molecule has 2 aromatic heterocycles. The second-order valence-corrected chi connectivity index (χ2v) is 12.0. The molecular weight excluding hydrogens is 496 g/mol. The zero-order chi connectivity index (χ0) is 28.6. The second-order valence-electron chi connectivity index (χ2n) is 12.0. The highest BCUT2D eigenvalue weighted by atomic mass is 16.2. The molecule has 0 radical (unpaired) electrons. The number of likely N-dealkylation sites (tertiary alicyclic amines) is 1. The maximum absolute atomic E-state index is 13.8. The molecule has 3 aromatic rings. The van der Waals surface area contributed by atoms with Crippen LogP contribution in [0.15, 0.2) is 48.7 Å². The lowest BCUT2D eigenvalue weighted by Gasteiger charge is -2.25. The van der Waals surface area contributed by atoms with Gasteiger partial charge < -0.3 is 4.90 Å². The summed E-state index contributed by atoms with van der Waals surface area (Å²) >= 11 is 0. The van der Waals surface area contributed by atoms with Crippen molar-refractivity contribution in [2.24, 2.45) is 11.8 Å². The van der Waals surface area contributed by atoms with Gasteiger partial charge in [-0.25, -0.2) is 4.52 Å². The molecule has 6 heteroatoms. The van der Waals surface area contributed by atoms with E-state index in [-0.39, 0.29) is 11.7 Å². The Labute approximate surface area is 240 Å². The smallest absolute Gasteiger partial charge is 0.253 e. The van der Waals surface area contributed by atoms with Crippen molar-refractivity contribution < 1.29 is 9.59 Å². The Morgan fingerprint density at radius 2 is 1.65 bits per heavy atom. The summed E-state index contributed by atoms with van der Waals surface area (Å²) in [4.78, 5) is 30.8. The topological polar surface area (TPSA) is 57.9 Å². The fourth-order valence-electron chi connectivity index (χ4n) is 5.34. The van der Waals surface area contributed by atoms with Crippen LogP contribution in [0.5, 0.6) is 0 Å². The highest BCUT2D eigenvalue weighted by Crippen LogP contribution is 2.31. The van der Waals surface area contributed by atoms with E-state index >= 15 is 0 Å². The number of carbonyl (C=O) groups excluding carboxylic acids is 2. The Morgan fingerprint density at radius 1 is 0.975 bits per heavy atom. The summed E-state index contributed by atoms with van der Waals surface area (Å²) in [5, 5.41) is 4.93. The minimum atomic E-state index is 0.0118. The Hall–Kier alpha value is -3.25. The van der Waals surface area contributed by atoms with Gasteiger partial charge in [-0.3, -0.25) is 14.5 Å². The van der Waals surface area contributed by atoms with Crippen molar-refractivity contribution >= 4 is 23.3 Å². The molecule has 0 N–H and O–H groups in total. The van der Waals surface area contributed by atoms with Gasteiger partial charge >= 0.3 is 0 Å². The van der Waals surface area contributed by atoms with E-state index in [1.807, 2.05) is 52.0 Å². The molecular formula is C34H46N4O2. The van der Waals surface area contributed by atoms with Crippen molar-refractivity contribution in [1.82, 2.24) is 19.4 Å². The third-order valence-electron chi connectivity index (χ3n) is 7.82. The van der Waals surface area contributed by atoms with Crippen molar-refractivity contribution in [2.45, 2.75) is 66.7 Å². The van der Waals surface area contributed by atoms with Crippen molar-refractivity contribution in [2.75, 3.05) is 32.7 Å². The summed E-state index contributed by atoms with van der Waals surface area (Å²) in [5.74, 6) is 1.15. The number of fused-ring (bicyclic) bond motifs is 1. The van der Waals surface area contributed by atoms with Crippen LogP contribution in [0, 0.1) is 11.8 Å². The average molecular weight is 543 g/mol. The van der Waals surface area contributed by atoms with Crippen LogP contribution in [0.3, 0.4) is 0 Å². The minimum absolute atomic E-state index is 0.0118. The lowest BCUT2D eigenvalue weighted by atomic mass is 9.98. The quantitative estimate of drug-likeness (QED) is 0.226. The molecule has 1 aromatic carbocycles. The number of piperidine rings is 1. The maximum atomic E-state index is 13.8. The SMILES string of the molecule is CC(=O)c1ccccc1-c1nn2ccc(C(=O)N(CCC(C)C)CCC(C)C)cc2c1/C=C/CN1CCCCC1. The van der Waals surface area contributed by atoms with Crippen molar-refractivity contribution in [3.8, 4) is 11.3 Å². The molecule has 0 atom stereocenters. The molecule has 1 aliphatic rings. The Morgan fingerprint density at radius 3 is 2.30 bits per heavy atom. The van der Waals surface area contributed by atoms with E-state index in [1.165, 1.54) is 19.3 Å². The summed E-state index contributed by atoms with van der Waals surface area (Å²) in [6.07, 6.45) is 12.0. The molecule has 214 valence electrons. The molecule has 4 rings (SSSR count). The third-order valence-corrected chi connectivity index (χ3v) is 7.82. The van der Waals surface area contributed by atoms with E-state index in [0.717, 1.165) is 67.9 Å². The van der Waals surface area contributed by atoms with Gasteiger partial charge in [0.1, 0.15) is 5.69 Å². The van der Waals surface area contributed by atoms with Gasteiger partial charge in [0.15, 0.2) is 5.78 Å². The summed E-state index contributed by atoms with van der Waals surface area (Å²) in [5.41, 5.74) is 4.73. The van der Waals surface area contributed by atoms with Crippen LogP contribution in [0.1, 0.15) is 93.0 Å². The van der Waals surface area contributed by atoms with Gasteiger partial charge in [0.25, 0.3) is 5.91 Å². The number of pyridine rings is 1. The number of amides is 1. The molecule has 6 nitrogen and oxygen atoms in total. The zero-order valence-corrected chi connectivity index (χ0v) is 25.0. The molecule has 1 amide bonds. The second kappa shape index (κ2) is 13.9. The van der Waals surface area contributed by atoms with Gasteiger partial charge in [-0.05, 0) is 69.7 Å². The van der Waals surface area contributed by atoms with Crippen molar-refractivity contribution in [3.63, 3.8) is 0 Å². The summed E-state index contributed by atoms with van der Waals surface area (Å²) in [7, 11) is 0. The van der Waals surface area contributed by atoms with Crippen molar-refractivity contribution in [3.05, 3.63) is 65.4 Å². The lowest BCUT2D eigenvalue weighted by molar-refractivity contribution is 0.0740. The number of aromatic nitrogens is 2. The van der Waals surface area contributed by atoms with Gasteiger partial charge in [0.2, 0.25) is 0 Å². The number of hydrogen-bond donors (Lipinski definition) is 0. The average Bonchev–Trinajstić information content (AvgIpc) is 3.30. The van der Waals surface area contributed by atoms with Crippen LogP contribution in [-0.2, 0) is 0 Å². The summed E-state index contributed by atoms with van der Waals surface area (Å²) in [6.45, 7) is 15.0. The van der Waals surface area contributed by atoms with E-state index in [1.54, 1.807) is 6.92 Å². The predicted octanol–water partition coefficient (Wildman–Crippen LogP) is 7.24. The number of nitrogens with zero attached hydrogens (tertiary/aromatic N) is 4. The number of rotatable bonds is 12. The molecule has 0 bridgehead atoms. The number of Topliss-reactive ketones (excluding diaryl/α,β-unsaturated/α-hetero) is 1. The van der Waals surface area contributed by atoms with Crippen LogP contribution in [0.25, 0.3) is 22.9 Å². The molecule has 40 heavy (non-hydrogen) atoms. The minimum Gasteiger partial charge on any atom is -0.339 e. The van der Waals surface area contributed by atoms with E-state index < -0.39 is 0 Å². The molecule has 0 aliphatic carbocycles. The molecule has 1 fully saturated rings. The van der Waals surface area contributed by atoms with E-state index in [2.05, 4.69) is 44.7 Å². The highest BCUT2D eigenvalue weighted by molar-refractivity contribution is 6.02. The largest absolute Gasteiger partial charge is 0.339 e. The summed E-state index contributed by atoms with van der Waals surface area (Å²) < 4.78 is 1.84. The maximum Gasteiger partial charge on any atom is 0.253 e. The molecule has 0 saturated carbocycles. The summed E-state index contributed by atoms with van der Waals surface area (Å²) in [6, 6.07) is 11.5. The predicted molar refractivity (Wildman–Crippen MR) is 165 cm³/mol.